The van der Waals surface area contributed by atoms with Gasteiger partial charge in [0.15, 0.2) is 0 Å². The fraction of sp³-hybridized carbons (Fsp3) is 0.467. The van der Waals surface area contributed by atoms with Crippen LogP contribution in [0, 0.1) is 0 Å². The Morgan fingerprint density at radius 3 is 2.17 bits per heavy atom. The van der Waals surface area contributed by atoms with Crippen molar-refractivity contribution in [1.29, 1.82) is 0 Å². The number of hydrogen-bond donors (Lipinski definition) is 1. The Kier molecular flexibility index (Phi) is 11.4. The summed E-state index contributed by atoms with van der Waals surface area (Å²) in [4.78, 5) is 17.8. The van der Waals surface area contributed by atoms with Gasteiger partial charge in [-0.25, -0.2) is 0 Å². The van der Waals surface area contributed by atoms with Crippen molar-refractivity contribution in [1.82, 2.24) is 14.7 Å². The van der Waals surface area contributed by atoms with Gasteiger partial charge in [-0.15, -0.1) is 0 Å². The van der Waals surface area contributed by atoms with Crippen molar-refractivity contribution < 1.29 is 4.79 Å². The van der Waals surface area contributed by atoms with Crippen LogP contribution in [0.5, 0.6) is 0 Å². The van der Waals surface area contributed by atoms with Crippen molar-refractivity contribution in [2.45, 2.75) is 83.5 Å². The number of amides is 1. The number of benzene rings is 1. The molecule has 0 spiro atoms. The van der Waals surface area contributed by atoms with Crippen LogP contribution in [0.3, 0.4) is 0 Å². The number of allylic oxidation sites excluding steroid dienone is 1. The second-order valence-corrected chi connectivity index (χ2v) is 23.9. The first-order chi connectivity index (χ1) is 17.1. The number of nitrogens with zero attached hydrogens (tertiary/aromatic N) is 2. The molecule has 0 bridgehead atoms. The van der Waals surface area contributed by atoms with Crippen molar-refractivity contribution in [2.24, 2.45) is 0 Å². The Labute approximate surface area is 216 Å². The predicted molar refractivity (Wildman–Crippen MR) is 151 cm³/mol. The molecule has 1 N–H and O–H groups in total. The topological polar surface area (TPSA) is 46.4 Å². The number of carbonyl (C=O) groups excluding carboxylic acids is 1. The monoisotopic (exact) mass is 581 g/mol. The summed E-state index contributed by atoms with van der Waals surface area (Å²) in [6.45, 7) is 6.95. The quantitative estimate of drug-likeness (QED) is 0.185. The number of carbonyl (C=O) groups is 1. The van der Waals surface area contributed by atoms with Crippen LogP contribution in [0.2, 0.25) is 17.7 Å². The van der Waals surface area contributed by atoms with Gasteiger partial charge in [-0.1, -0.05) is 0 Å². The van der Waals surface area contributed by atoms with Gasteiger partial charge < -0.3 is 0 Å². The molecule has 188 valence electrons. The Hall–Kier alpha value is -2.08. The van der Waals surface area contributed by atoms with E-state index in [4.69, 9.17) is 4.98 Å². The normalized spacial score (nSPS) is 12.0. The van der Waals surface area contributed by atoms with E-state index in [9.17, 15) is 4.79 Å². The Morgan fingerprint density at radius 2 is 1.54 bits per heavy atom. The van der Waals surface area contributed by atoms with E-state index in [1.807, 2.05) is 53.2 Å². The molecule has 4 nitrogen and oxygen atoms in total. The first-order valence-electron chi connectivity index (χ1n) is 13.6. The summed E-state index contributed by atoms with van der Waals surface area (Å²) in [6, 6.07) is 16.1. The number of aromatic nitrogens is 2. The molecule has 3 rings (SSSR count). The Bertz CT molecular complexity index is 1050. The van der Waals surface area contributed by atoms with Crippen molar-refractivity contribution in [3.05, 3.63) is 72.7 Å². The van der Waals surface area contributed by atoms with Gasteiger partial charge in [-0.2, -0.15) is 0 Å². The number of fused-ring (bicyclic) bond motifs is 1. The number of unbranched alkanes of at least 4 members (excludes halogenated alkanes) is 3. The van der Waals surface area contributed by atoms with Gasteiger partial charge in [0.25, 0.3) is 0 Å². The molecule has 0 aliphatic heterocycles. The molecule has 5 heteroatoms. The van der Waals surface area contributed by atoms with E-state index < -0.39 is 18.4 Å². The van der Waals surface area contributed by atoms with Gasteiger partial charge in [0.2, 0.25) is 0 Å². The van der Waals surface area contributed by atoms with Gasteiger partial charge in [0.1, 0.15) is 0 Å². The van der Waals surface area contributed by atoms with Crippen LogP contribution in [-0.2, 0) is 11.2 Å². The van der Waals surface area contributed by atoms with E-state index in [0.29, 0.717) is 6.42 Å². The van der Waals surface area contributed by atoms with Crippen molar-refractivity contribution in [2.75, 3.05) is 0 Å². The second-order valence-electron chi connectivity index (χ2n) is 9.86. The zero-order valence-electron chi connectivity index (χ0n) is 21.9. The number of rotatable bonds is 15. The van der Waals surface area contributed by atoms with E-state index in [2.05, 4.69) is 44.3 Å². The molecule has 0 atom stereocenters. The van der Waals surface area contributed by atoms with Gasteiger partial charge in [0.05, 0.1) is 0 Å². The van der Waals surface area contributed by atoms with Crippen LogP contribution in [0.4, 0.5) is 0 Å². The molecule has 2 heterocycles. The summed E-state index contributed by atoms with van der Waals surface area (Å²) in [5.74, 6) is 0.0144. The molecule has 3 aromatic rings. The number of nitrogens with one attached hydrogen (secondary N) is 1. The average Bonchev–Trinajstić information content (AvgIpc) is 3.26. The standard InChI is InChI=1S/C18H16N3O.3C4H9.Sn/c1-2-11-19-17(22)13-15-18(14-8-4-3-5-9-14)20-16-10-6-7-12-21(15)16;3*1-3-4-2;/h2-12H,1,13H2,(H,19,22);3*1,3-4H2,2H3;. The van der Waals surface area contributed by atoms with Crippen LogP contribution >= 0.6 is 0 Å². The van der Waals surface area contributed by atoms with Gasteiger partial charge in [0, 0.05) is 0 Å². The second kappa shape index (κ2) is 14.5. The molecule has 2 aromatic heterocycles. The number of imidazole rings is 1. The summed E-state index contributed by atoms with van der Waals surface area (Å²) in [7, 11) is 0. The van der Waals surface area contributed by atoms with Crippen molar-refractivity contribution >= 4 is 29.9 Å². The summed E-state index contributed by atoms with van der Waals surface area (Å²) in [5.41, 5.74) is 3.72. The maximum absolute atomic E-state index is 13.0. The third-order valence-corrected chi connectivity index (χ3v) is 22.4. The minimum absolute atomic E-state index is 0.0144. The zero-order valence-corrected chi connectivity index (χ0v) is 24.8. The first kappa shape index (κ1) is 27.5. The fourth-order valence-electron chi connectivity index (χ4n) is 5.04. The molecule has 0 saturated heterocycles. The van der Waals surface area contributed by atoms with E-state index in [0.717, 1.165) is 22.6 Å². The Morgan fingerprint density at radius 1 is 0.914 bits per heavy atom. The van der Waals surface area contributed by atoms with Crippen LogP contribution in [0.15, 0.2) is 67.0 Å². The predicted octanol–water partition coefficient (Wildman–Crippen LogP) is 8.02. The third-order valence-electron chi connectivity index (χ3n) is 7.10. The SMILES string of the molecule is CCC[CH2][Sn]([CH2]C=CNC(=O)Cc1c(-c2ccccc2)nc2ccccn12)([CH2]CCC)[CH2]CCC. The number of hydrogen-bond acceptors (Lipinski definition) is 2. The first-order valence-corrected chi connectivity index (χ1v) is 21.7. The van der Waals surface area contributed by atoms with Crippen LogP contribution in [-0.4, -0.2) is 33.7 Å². The third kappa shape index (κ3) is 7.96. The average molecular weight is 580 g/mol. The van der Waals surface area contributed by atoms with E-state index in [1.165, 1.54) is 56.3 Å². The van der Waals surface area contributed by atoms with Crippen LogP contribution < -0.4 is 5.32 Å². The molecule has 0 aliphatic carbocycles. The molecule has 1 amide bonds. The van der Waals surface area contributed by atoms with E-state index in [1.54, 1.807) is 0 Å². The molecule has 35 heavy (non-hydrogen) atoms. The fourth-order valence-corrected chi connectivity index (χ4v) is 20.1. The molecule has 0 radical (unpaired) electrons. The van der Waals surface area contributed by atoms with E-state index in [-0.39, 0.29) is 5.91 Å². The van der Waals surface area contributed by atoms with Crippen LogP contribution in [0.1, 0.15) is 65.0 Å². The summed E-state index contributed by atoms with van der Waals surface area (Å²) < 4.78 is 7.76. The molecule has 0 saturated carbocycles. The molecule has 0 unspecified atom stereocenters. The molecule has 0 aliphatic rings. The zero-order chi connectivity index (χ0) is 24.9. The summed E-state index contributed by atoms with van der Waals surface area (Å²) in [5, 5.41) is 3.08. The van der Waals surface area contributed by atoms with Gasteiger partial charge in [-0.05, 0) is 0 Å². The summed E-state index contributed by atoms with van der Waals surface area (Å²) >= 11 is -2.21. The van der Waals surface area contributed by atoms with Crippen LogP contribution in [0.25, 0.3) is 16.9 Å². The molecule has 0 fully saturated rings. The molecule has 1 aromatic carbocycles. The molecular formula is C30H43N3OSn. The van der Waals surface area contributed by atoms with Gasteiger partial charge in [-0.3, -0.25) is 0 Å². The van der Waals surface area contributed by atoms with Crippen molar-refractivity contribution in [3.8, 4) is 11.3 Å². The maximum atomic E-state index is 13.0. The van der Waals surface area contributed by atoms with Gasteiger partial charge >= 0.3 is 217 Å². The summed E-state index contributed by atoms with van der Waals surface area (Å²) in [6.07, 6.45) is 14.5. The Balaban J connectivity index is 1.71. The molecular weight excluding hydrogens is 537 g/mol. The minimum atomic E-state index is -2.21. The van der Waals surface area contributed by atoms with Crippen molar-refractivity contribution in [3.63, 3.8) is 0 Å². The van der Waals surface area contributed by atoms with E-state index >= 15 is 0 Å². The number of pyridine rings is 1.